The van der Waals surface area contributed by atoms with E-state index >= 15 is 0 Å². The predicted molar refractivity (Wildman–Crippen MR) is 78.9 cm³/mol. The SMILES string of the molecule is CC1CN(c2nnc(SCC(=O)O)n2C2CC2)CC(C)O1. The van der Waals surface area contributed by atoms with Crippen LogP contribution in [-0.2, 0) is 9.53 Å². The summed E-state index contributed by atoms with van der Waals surface area (Å²) >= 11 is 1.24. The number of hydrogen-bond donors (Lipinski definition) is 1. The summed E-state index contributed by atoms with van der Waals surface area (Å²) < 4.78 is 7.87. The molecule has 1 aromatic rings. The summed E-state index contributed by atoms with van der Waals surface area (Å²) in [4.78, 5) is 13.0. The zero-order valence-corrected chi connectivity index (χ0v) is 13.0. The predicted octanol–water partition coefficient (Wildman–Crippen LogP) is 1.40. The Morgan fingerprint density at radius 2 is 2.00 bits per heavy atom. The normalized spacial score (nSPS) is 26.1. The largest absolute Gasteiger partial charge is 0.481 e. The first kappa shape index (κ1) is 14.6. The summed E-state index contributed by atoms with van der Waals surface area (Å²) in [6, 6.07) is 0.416. The minimum absolute atomic E-state index is 0.0147. The molecule has 0 amide bonds. The monoisotopic (exact) mass is 312 g/mol. The highest BCUT2D eigenvalue weighted by atomic mass is 32.2. The molecule has 3 rings (SSSR count). The molecule has 1 saturated heterocycles. The van der Waals surface area contributed by atoms with E-state index in [2.05, 4.69) is 33.5 Å². The highest BCUT2D eigenvalue weighted by Gasteiger charge is 2.34. The highest BCUT2D eigenvalue weighted by Crippen LogP contribution is 2.41. The molecule has 1 aromatic heterocycles. The van der Waals surface area contributed by atoms with Gasteiger partial charge in [-0.1, -0.05) is 11.8 Å². The summed E-state index contributed by atoms with van der Waals surface area (Å²) in [5.74, 6) is 0.0359. The molecule has 0 aromatic carbocycles. The summed E-state index contributed by atoms with van der Waals surface area (Å²) in [7, 11) is 0. The number of carbonyl (C=O) groups is 1. The Labute approximate surface area is 127 Å². The molecule has 0 radical (unpaired) electrons. The number of ether oxygens (including phenoxy) is 1. The van der Waals surface area contributed by atoms with E-state index < -0.39 is 5.97 Å². The van der Waals surface area contributed by atoms with Crippen LogP contribution in [0.25, 0.3) is 0 Å². The van der Waals surface area contributed by atoms with Gasteiger partial charge in [0.05, 0.1) is 18.0 Å². The van der Waals surface area contributed by atoms with Crippen molar-refractivity contribution in [1.29, 1.82) is 0 Å². The minimum Gasteiger partial charge on any atom is -0.481 e. The molecule has 7 nitrogen and oxygen atoms in total. The second-order valence-electron chi connectivity index (χ2n) is 5.73. The maximum atomic E-state index is 10.8. The topological polar surface area (TPSA) is 80.5 Å². The molecule has 21 heavy (non-hydrogen) atoms. The van der Waals surface area contributed by atoms with Crippen LogP contribution in [-0.4, -0.2) is 56.9 Å². The molecule has 2 atom stereocenters. The van der Waals surface area contributed by atoms with Crippen molar-refractivity contribution in [3.8, 4) is 0 Å². The van der Waals surface area contributed by atoms with Gasteiger partial charge >= 0.3 is 5.97 Å². The van der Waals surface area contributed by atoms with E-state index in [0.717, 1.165) is 31.9 Å². The second kappa shape index (κ2) is 5.84. The third-order valence-electron chi connectivity index (χ3n) is 3.59. The number of rotatable bonds is 5. The van der Waals surface area contributed by atoms with Gasteiger partial charge in [0.15, 0.2) is 5.16 Å². The second-order valence-corrected chi connectivity index (χ2v) is 6.67. The minimum atomic E-state index is -0.833. The van der Waals surface area contributed by atoms with E-state index in [1.807, 2.05) is 0 Å². The van der Waals surface area contributed by atoms with Gasteiger partial charge in [-0.2, -0.15) is 0 Å². The summed E-state index contributed by atoms with van der Waals surface area (Å²) in [5, 5.41) is 18.1. The molecule has 1 saturated carbocycles. The number of hydrogen-bond acceptors (Lipinski definition) is 6. The van der Waals surface area contributed by atoms with E-state index in [-0.39, 0.29) is 18.0 Å². The lowest BCUT2D eigenvalue weighted by molar-refractivity contribution is -0.133. The number of aromatic nitrogens is 3. The first-order valence-corrected chi connectivity index (χ1v) is 8.23. The van der Waals surface area contributed by atoms with E-state index in [4.69, 9.17) is 9.84 Å². The van der Waals surface area contributed by atoms with E-state index in [1.165, 1.54) is 11.8 Å². The van der Waals surface area contributed by atoms with E-state index in [1.54, 1.807) is 0 Å². The maximum Gasteiger partial charge on any atom is 0.313 e. The lowest BCUT2D eigenvalue weighted by atomic mass is 10.2. The fraction of sp³-hybridized carbons (Fsp3) is 0.769. The molecule has 2 fully saturated rings. The van der Waals surface area contributed by atoms with Crippen molar-refractivity contribution < 1.29 is 14.6 Å². The molecule has 2 heterocycles. The molecule has 116 valence electrons. The zero-order chi connectivity index (χ0) is 15.0. The number of carboxylic acids is 1. The van der Waals surface area contributed by atoms with Crippen LogP contribution in [0.5, 0.6) is 0 Å². The lowest BCUT2D eigenvalue weighted by Crippen LogP contribution is -2.46. The Balaban J connectivity index is 1.82. The molecule has 2 unspecified atom stereocenters. The van der Waals surface area contributed by atoms with Crippen LogP contribution >= 0.6 is 11.8 Å². The fourth-order valence-corrected chi connectivity index (χ4v) is 3.42. The van der Waals surface area contributed by atoms with Gasteiger partial charge in [0, 0.05) is 19.1 Å². The average Bonchev–Trinajstić information content (AvgIpc) is 3.15. The van der Waals surface area contributed by atoms with Gasteiger partial charge in [-0.25, -0.2) is 0 Å². The van der Waals surface area contributed by atoms with Crippen LogP contribution < -0.4 is 4.90 Å². The smallest absolute Gasteiger partial charge is 0.313 e. The summed E-state index contributed by atoms with van der Waals surface area (Å²) in [5.41, 5.74) is 0. The Morgan fingerprint density at radius 3 is 2.57 bits per heavy atom. The van der Waals surface area contributed by atoms with Crippen LogP contribution in [0.3, 0.4) is 0 Å². The van der Waals surface area contributed by atoms with Crippen molar-refractivity contribution in [2.45, 2.75) is 50.1 Å². The third-order valence-corrected chi connectivity index (χ3v) is 4.51. The Hall–Kier alpha value is -1.28. The van der Waals surface area contributed by atoms with Crippen molar-refractivity contribution in [2.24, 2.45) is 0 Å². The number of anilines is 1. The van der Waals surface area contributed by atoms with Crippen molar-refractivity contribution in [3.63, 3.8) is 0 Å². The van der Waals surface area contributed by atoms with Crippen LogP contribution in [0.2, 0.25) is 0 Å². The van der Waals surface area contributed by atoms with E-state index in [9.17, 15) is 4.79 Å². The van der Waals surface area contributed by atoms with Crippen LogP contribution in [0.4, 0.5) is 5.95 Å². The van der Waals surface area contributed by atoms with Crippen LogP contribution in [0.1, 0.15) is 32.7 Å². The summed E-state index contributed by atoms with van der Waals surface area (Å²) in [6.45, 7) is 5.69. The van der Waals surface area contributed by atoms with Crippen molar-refractivity contribution >= 4 is 23.7 Å². The van der Waals surface area contributed by atoms with Gasteiger partial charge in [0.1, 0.15) is 0 Å². The number of morpholine rings is 1. The molecule has 1 aliphatic heterocycles. The van der Waals surface area contributed by atoms with Gasteiger partial charge in [-0.15, -0.1) is 10.2 Å². The van der Waals surface area contributed by atoms with Gasteiger partial charge in [0.2, 0.25) is 5.95 Å². The lowest BCUT2D eigenvalue weighted by Gasteiger charge is -2.35. The van der Waals surface area contributed by atoms with Crippen molar-refractivity contribution in [2.75, 3.05) is 23.7 Å². The third kappa shape index (κ3) is 3.32. The Morgan fingerprint density at radius 1 is 1.33 bits per heavy atom. The zero-order valence-electron chi connectivity index (χ0n) is 12.2. The molecule has 8 heteroatoms. The van der Waals surface area contributed by atoms with Crippen LogP contribution in [0.15, 0.2) is 5.16 Å². The first-order chi connectivity index (χ1) is 10.0. The highest BCUT2D eigenvalue weighted by molar-refractivity contribution is 7.99. The number of carboxylic acid groups (broad SMARTS) is 1. The number of nitrogens with zero attached hydrogens (tertiary/aromatic N) is 4. The first-order valence-electron chi connectivity index (χ1n) is 7.24. The van der Waals surface area contributed by atoms with Crippen molar-refractivity contribution in [1.82, 2.24) is 14.8 Å². The van der Waals surface area contributed by atoms with Gasteiger partial charge < -0.3 is 14.7 Å². The molecule has 1 aliphatic carbocycles. The Bertz CT molecular complexity index is 521. The molecular formula is C13H20N4O3S. The van der Waals surface area contributed by atoms with Gasteiger partial charge in [-0.05, 0) is 26.7 Å². The Kier molecular flexibility index (Phi) is 4.08. The number of thioether (sulfide) groups is 1. The molecule has 2 aliphatic rings. The van der Waals surface area contributed by atoms with Crippen molar-refractivity contribution in [3.05, 3.63) is 0 Å². The molecule has 0 spiro atoms. The molecule has 1 N–H and O–H groups in total. The number of aliphatic carboxylic acids is 1. The average molecular weight is 312 g/mol. The van der Waals surface area contributed by atoms with Crippen LogP contribution in [0, 0.1) is 0 Å². The summed E-state index contributed by atoms with van der Waals surface area (Å²) in [6.07, 6.45) is 2.55. The quantitative estimate of drug-likeness (QED) is 0.823. The maximum absolute atomic E-state index is 10.8. The molecular weight excluding hydrogens is 292 g/mol. The van der Waals surface area contributed by atoms with Gasteiger partial charge in [0.25, 0.3) is 0 Å². The molecule has 0 bridgehead atoms. The van der Waals surface area contributed by atoms with Gasteiger partial charge in [-0.3, -0.25) is 9.36 Å². The standard InChI is InChI=1S/C13H20N4O3S/c1-8-5-16(6-9(2)20-8)12-14-15-13(21-7-11(18)19)17(12)10-3-4-10/h8-10H,3-7H2,1-2H3,(H,18,19). The van der Waals surface area contributed by atoms with E-state index in [0.29, 0.717) is 11.2 Å². The fourth-order valence-electron chi connectivity index (χ4n) is 2.70.